The van der Waals surface area contributed by atoms with E-state index in [4.69, 9.17) is 5.73 Å². The number of anilines is 1. The van der Waals surface area contributed by atoms with E-state index in [0.717, 1.165) is 11.6 Å². The largest absolute Gasteiger partial charge is 0.399 e. The van der Waals surface area contributed by atoms with E-state index in [2.05, 4.69) is 33.8 Å². The molecule has 2 rings (SSSR count). The van der Waals surface area contributed by atoms with Crippen LogP contribution in [0.2, 0.25) is 0 Å². The van der Waals surface area contributed by atoms with Crippen LogP contribution in [-0.2, 0) is 0 Å². The Bertz CT molecular complexity index is 297. The molecule has 0 atom stereocenters. The van der Waals surface area contributed by atoms with Gasteiger partial charge in [0.05, 0.1) is 0 Å². The van der Waals surface area contributed by atoms with Crippen molar-refractivity contribution in [1.82, 2.24) is 0 Å². The molecule has 0 aromatic heterocycles. The van der Waals surface area contributed by atoms with E-state index < -0.39 is 0 Å². The van der Waals surface area contributed by atoms with Crippen molar-refractivity contribution in [3.05, 3.63) is 28.8 Å². The lowest BCUT2D eigenvalue weighted by atomic mass is 9.88. The van der Waals surface area contributed by atoms with Crippen LogP contribution >= 0.6 is 0 Å². The minimum Gasteiger partial charge on any atom is -0.399 e. The fraction of sp³-hybridized carbons (Fsp3) is 0.571. The van der Waals surface area contributed by atoms with E-state index in [0.29, 0.717) is 0 Å². The van der Waals surface area contributed by atoms with E-state index in [9.17, 15) is 0 Å². The van der Waals surface area contributed by atoms with Crippen LogP contribution in [0.4, 0.5) is 5.69 Å². The molecule has 1 aromatic rings. The molecule has 1 fully saturated rings. The fourth-order valence-electron chi connectivity index (χ4n) is 1.59. The first kappa shape index (κ1) is 12.1. The fourth-order valence-corrected chi connectivity index (χ4v) is 1.59. The Hall–Kier alpha value is -0.980. The maximum atomic E-state index is 5.69. The highest BCUT2D eigenvalue weighted by Gasteiger charge is 2.09. The summed E-state index contributed by atoms with van der Waals surface area (Å²) < 4.78 is 0. The SMILES string of the molecule is CC1CCC1.Cc1ccc(N)c(C)c1C. The van der Waals surface area contributed by atoms with Gasteiger partial charge in [0.2, 0.25) is 0 Å². The van der Waals surface area contributed by atoms with Gasteiger partial charge in [-0.2, -0.15) is 0 Å². The summed E-state index contributed by atoms with van der Waals surface area (Å²) in [4.78, 5) is 0. The maximum absolute atomic E-state index is 5.69. The van der Waals surface area contributed by atoms with Crippen LogP contribution in [0.3, 0.4) is 0 Å². The van der Waals surface area contributed by atoms with Crippen molar-refractivity contribution in [1.29, 1.82) is 0 Å². The van der Waals surface area contributed by atoms with Crippen molar-refractivity contribution in [2.24, 2.45) is 5.92 Å². The van der Waals surface area contributed by atoms with Crippen LogP contribution in [0, 0.1) is 26.7 Å². The van der Waals surface area contributed by atoms with Gasteiger partial charge in [-0.15, -0.1) is 0 Å². The second-order valence-electron chi connectivity index (χ2n) is 4.76. The zero-order valence-electron chi connectivity index (χ0n) is 10.4. The summed E-state index contributed by atoms with van der Waals surface area (Å²) in [5, 5.41) is 0. The van der Waals surface area contributed by atoms with Crippen LogP contribution < -0.4 is 5.73 Å². The topological polar surface area (TPSA) is 26.0 Å². The lowest BCUT2D eigenvalue weighted by Crippen LogP contribution is -2.04. The predicted molar refractivity (Wildman–Crippen MR) is 68.1 cm³/mol. The number of benzene rings is 1. The van der Waals surface area contributed by atoms with Gasteiger partial charge in [0.1, 0.15) is 0 Å². The highest BCUT2D eigenvalue weighted by molar-refractivity contribution is 5.52. The first-order valence-corrected chi connectivity index (χ1v) is 5.84. The summed E-state index contributed by atoms with van der Waals surface area (Å²) in [7, 11) is 0. The van der Waals surface area contributed by atoms with Crippen molar-refractivity contribution < 1.29 is 0 Å². The first-order valence-electron chi connectivity index (χ1n) is 5.84. The van der Waals surface area contributed by atoms with E-state index in [-0.39, 0.29) is 0 Å². The summed E-state index contributed by atoms with van der Waals surface area (Å²) in [5.74, 6) is 1.06. The maximum Gasteiger partial charge on any atom is 0.0346 e. The van der Waals surface area contributed by atoms with E-state index in [1.807, 2.05) is 6.07 Å². The quantitative estimate of drug-likeness (QED) is 0.636. The Morgan fingerprint density at radius 3 is 1.93 bits per heavy atom. The molecule has 0 heterocycles. The number of nitrogens with two attached hydrogens (primary N) is 1. The Balaban J connectivity index is 0.000000187. The number of hydrogen-bond acceptors (Lipinski definition) is 1. The molecule has 1 aromatic carbocycles. The van der Waals surface area contributed by atoms with Crippen molar-refractivity contribution in [2.75, 3.05) is 5.73 Å². The molecule has 0 aliphatic heterocycles. The molecule has 15 heavy (non-hydrogen) atoms. The molecule has 1 heteroatoms. The van der Waals surface area contributed by atoms with Crippen LogP contribution in [-0.4, -0.2) is 0 Å². The van der Waals surface area contributed by atoms with Crippen LogP contribution in [0.5, 0.6) is 0 Å². The van der Waals surface area contributed by atoms with Gasteiger partial charge < -0.3 is 5.73 Å². The highest BCUT2D eigenvalue weighted by Crippen LogP contribution is 2.24. The van der Waals surface area contributed by atoms with Crippen molar-refractivity contribution in [3.8, 4) is 0 Å². The molecule has 84 valence electrons. The molecule has 0 radical (unpaired) electrons. The molecular formula is C14H23N. The first-order chi connectivity index (χ1) is 7.02. The molecule has 1 aliphatic carbocycles. The Kier molecular flexibility index (Phi) is 4.19. The monoisotopic (exact) mass is 205 g/mol. The van der Waals surface area contributed by atoms with Gasteiger partial charge in [-0.25, -0.2) is 0 Å². The molecule has 0 bridgehead atoms. The Labute approximate surface area is 93.7 Å². The zero-order chi connectivity index (χ0) is 11.4. The molecule has 1 aliphatic rings. The average Bonchev–Trinajstić information content (AvgIpc) is 2.19. The predicted octanol–water partition coefficient (Wildman–Crippen LogP) is 4.00. The lowest BCUT2D eigenvalue weighted by molar-refractivity contribution is 0.346. The number of rotatable bonds is 0. The van der Waals surface area contributed by atoms with Gasteiger partial charge in [0.25, 0.3) is 0 Å². The molecule has 0 amide bonds. The highest BCUT2D eigenvalue weighted by atomic mass is 14.6. The van der Waals surface area contributed by atoms with E-state index >= 15 is 0 Å². The molecular weight excluding hydrogens is 182 g/mol. The normalized spacial score (nSPS) is 15.2. The smallest absolute Gasteiger partial charge is 0.0346 e. The molecule has 0 spiro atoms. The lowest BCUT2D eigenvalue weighted by Gasteiger charge is -2.18. The second-order valence-corrected chi connectivity index (χ2v) is 4.76. The third kappa shape index (κ3) is 3.26. The van der Waals surface area contributed by atoms with Gasteiger partial charge in [0, 0.05) is 5.69 Å². The summed E-state index contributed by atoms with van der Waals surface area (Å²) in [5.41, 5.74) is 10.4. The van der Waals surface area contributed by atoms with Gasteiger partial charge in [-0.05, 0) is 49.4 Å². The van der Waals surface area contributed by atoms with Gasteiger partial charge in [-0.1, -0.05) is 32.3 Å². The van der Waals surface area contributed by atoms with Crippen LogP contribution in [0.25, 0.3) is 0 Å². The van der Waals surface area contributed by atoms with E-state index in [1.165, 1.54) is 36.0 Å². The molecule has 0 saturated heterocycles. The van der Waals surface area contributed by atoms with Crippen molar-refractivity contribution in [2.45, 2.75) is 47.0 Å². The molecule has 1 nitrogen and oxygen atoms in total. The summed E-state index contributed by atoms with van der Waals surface area (Å²) in [6.45, 7) is 8.56. The summed E-state index contributed by atoms with van der Waals surface area (Å²) in [6.07, 6.45) is 4.46. The standard InChI is InChI=1S/C9H13N.C5H10/c1-6-4-5-9(10)8(3)7(6)2;1-5-3-2-4-5/h4-5H,10H2,1-3H3;5H,2-4H2,1H3. The van der Waals surface area contributed by atoms with Crippen molar-refractivity contribution in [3.63, 3.8) is 0 Å². The van der Waals surface area contributed by atoms with Crippen molar-refractivity contribution >= 4 is 5.69 Å². The van der Waals surface area contributed by atoms with Crippen LogP contribution in [0.1, 0.15) is 42.9 Å². The zero-order valence-corrected chi connectivity index (χ0v) is 10.4. The third-order valence-electron chi connectivity index (χ3n) is 3.49. The van der Waals surface area contributed by atoms with Gasteiger partial charge in [0.15, 0.2) is 0 Å². The minimum atomic E-state index is 0.892. The van der Waals surface area contributed by atoms with Gasteiger partial charge in [-0.3, -0.25) is 0 Å². The molecule has 2 N–H and O–H groups in total. The Morgan fingerprint density at radius 1 is 1.07 bits per heavy atom. The van der Waals surface area contributed by atoms with Gasteiger partial charge >= 0.3 is 0 Å². The Morgan fingerprint density at radius 2 is 1.60 bits per heavy atom. The van der Waals surface area contributed by atoms with E-state index in [1.54, 1.807) is 0 Å². The molecule has 1 saturated carbocycles. The number of hydrogen-bond donors (Lipinski definition) is 1. The van der Waals surface area contributed by atoms with Crippen LogP contribution in [0.15, 0.2) is 12.1 Å². The number of nitrogen functional groups attached to an aromatic ring is 1. The third-order valence-corrected chi connectivity index (χ3v) is 3.49. The summed E-state index contributed by atoms with van der Waals surface area (Å²) >= 11 is 0. The minimum absolute atomic E-state index is 0.892. The second kappa shape index (κ2) is 5.20. The average molecular weight is 205 g/mol. The summed E-state index contributed by atoms with van der Waals surface area (Å²) in [6, 6.07) is 4.01. The molecule has 0 unspecified atom stereocenters. The number of aryl methyl sites for hydroxylation is 1.